The van der Waals surface area contributed by atoms with Crippen LogP contribution in [0.25, 0.3) is 0 Å². The first-order valence-corrected chi connectivity index (χ1v) is 11.4. The molecule has 8 heteroatoms. The highest BCUT2D eigenvalue weighted by Crippen LogP contribution is 2.37. The van der Waals surface area contributed by atoms with Gasteiger partial charge in [-0.05, 0) is 49.8 Å². The maximum absolute atomic E-state index is 13.2. The maximum Gasteiger partial charge on any atom is 0.229 e. The Balaban J connectivity index is 1.49. The predicted molar refractivity (Wildman–Crippen MR) is 118 cm³/mol. The molecule has 2 aromatic rings. The van der Waals surface area contributed by atoms with E-state index in [1.54, 1.807) is 14.2 Å². The lowest BCUT2D eigenvalue weighted by molar-refractivity contribution is -0.133. The molecule has 32 heavy (non-hydrogen) atoms. The smallest absolute Gasteiger partial charge is 0.229 e. The molecule has 0 bridgehead atoms. The van der Waals surface area contributed by atoms with E-state index in [9.17, 15) is 4.79 Å². The van der Waals surface area contributed by atoms with Crippen molar-refractivity contribution in [1.29, 1.82) is 0 Å². The van der Waals surface area contributed by atoms with E-state index >= 15 is 0 Å². The molecule has 4 rings (SSSR count). The van der Waals surface area contributed by atoms with Gasteiger partial charge in [-0.1, -0.05) is 17.3 Å². The van der Waals surface area contributed by atoms with Crippen molar-refractivity contribution in [3.05, 3.63) is 41.5 Å². The van der Waals surface area contributed by atoms with Gasteiger partial charge in [-0.25, -0.2) is 0 Å². The summed E-state index contributed by atoms with van der Waals surface area (Å²) < 4.78 is 21.8. The number of aromatic nitrogens is 2. The second-order valence-electron chi connectivity index (χ2n) is 8.81. The molecular formula is C24H33N3O5. The zero-order chi connectivity index (χ0) is 22.4. The van der Waals surface area contributed by atoms with Crippen LogP contribution >= 0.6 is 0 Å². The van der Waals surface area contributed by atoms with Crippen molar-refractivity contribution in [2.24, 2.45) is 0 Å². The first kappa shape index (κ1) is 22.7. The van der Waals surface area contributed by atoms with Crippen LogP contribution in [0.15, 0.2) is 28.8 Å². The second-order valence-corrected chi connectivity index (χ2v) is 8.81. The number of hydrogen-bond acceptors (Lipinski definition) is 7. The molecule has 1 aromatic carbocycles. The minimum atomic E-state index is -0.350. The van der Waals surface area contributed by atoms with E-state index in [1.165, 1.54) is 0 Å². The van der Waals surface area contributed by atoms with E-state index in [0.717, 1.165) is 63.2 Å². The maximum atomic E-state index is 13.2. The third-order valence-electron chi connectivity index (χ3n) is 6.72. The minimum absolute atomic E-state index is 0.116. The van der Waals surface area contributed by atoms with Gasteiger partial charge in [0.25, 0.3) is 0 Å². The number of carbonyl (C=O) groups is 1. The summed E-state index contributed by atoms with van der Waals surface area (Å²) in [6, 6.07) is 7.66. The van der Waals surface area contributed by atoms with Gasteiger partial charge < -0.3 is 23.6 Å². The molecule has 0 spiro atoms. The van der Waals surface area contributed by atoms with Gasteiger partial charge >= 0.3 is 0 Å². The average Bonchev–Trinajstić information content (AvgIpc) is 3.35. The van der Waals surface area contributed by atoms with Crippen LogP contribution < -0.4 is 4.74 Å². The van der Waals surface area contributed by atoms with Gasteiger partial charge in [0.15, 0.2) is 5.82 Å². The predicted octanol–water partition coefficient (Wildman–Crippen LogP) is 3.11. The summed E-state index contributed by atoms with van der Waals surface area (Å²) in [7, 11) is 3.34. The van der Waals surface area contributed by atoms with E-state index < -0.39 is 0 Å². The van der Waals surface area contributed by atoms with Crippen molar-refractivity contribution in [3.63, 3.8) is 0 Å². The zero-order valence-electron chi connectivity index (χ0n) is 19.0. The fraction of sp³-hybridized carbons (Fsp3) is 0.625. The summed E-state index contributed by atoms with van der Waals surface area (Å²) in [6.45, 7) is 3.36. The number of ether oxygens (including phenoxy) is 3. The Bertz CT molecular complexity index is 878. The average molecular weight is 444 g/mol. The van der Waals surface area contributed by atoms with E-state index in [4.69, 9.17) is 23.7 Å². The number of methoxy groups -OCH3 is 2. The first-order valence-electron chi connectivity index (χ1n) is 11.4. The Morgan fingerprint density at radius 1 is 1.22 bits per heavy atom. The van der Waals surface area contributed by atoms with Crippen LogP contribution in [0.4, 0.5) is 0 Å². The van der Waals surface area contributed by atoms with Crippen LogP contribution in [0, 0.1) is 0 Å². The molecule has 0 radical (unpaired) electrons. The van der Waals surface area contributed by atoms with Crippen LogP contribution in [-0.2, 0) is 26.1 Å². The summed E-state index contributed by atoms with van der Waals surface area (Å²) in [5, 5.41) is 4.40. The lowest BCUT2D eigenvalue weighted by Gasteiger charge is -2.41. The van der Waals surface area contributed by atoms with Crippen LogP contribution in [0.3, 0.4) is 0 Å². The number of likely N-dealkylation sites (tertiary alicyclic amines) is 1. The molecule has 1 amide bonds. The number of benzene rings is 1. The molecule has 174 valence electrons. The molecule has 2 fully saturated rings. The Morgan fingerprint density at radius 2 is 2.00 bits per heavy atom. The monoisotopic (exact) mass is 443 g/mol. The molecule has 2 saturated heterocycles. The van der Waals surface area contributed by atoms with Gasteiger partial charge in [0.1, 0.15) is 5.75 Å². The highest BCUT2D eigenvalue weighted by molar-refractivity contribution is 5.79. The van der Waals surface area contributed by atoms with Crippen molar-refractivity contribution in [1.82, 2.24) is 15.0 Å². The van der Waals surface area contributed by atoms with Crippen LogP contribution in [-0.4, -0.2) is 68.1 Å². The molecule has 0 N–H and O–H groups in total. The largest absolute Gasteiger partial charge is 0.497 e. The van der Waals surface area contributed by atoms with Gasteiger partial charge in [-0.2, -0.15) is 4.98 Å². The SMILES string of the molecule is COCCC1(c2noc(C3CCOCC3)n2)CCCN(C(=O)Cc2ccc(OC)cc2)C1. The summed E-state index contributed by atoms with van der Waals surface area (Å²) in [5.74, 6) is 2.56. The number of carbonyl (C=O) groups excluding carboxylic acids is 1. The molecule has 1 aromatic heterocycles. The zero-order valence-corrected chi connectivity index (χ0v) is 19.0. The van der Waals surface area contributed by atoms with Crippen molar-refractivity contribution in [2.75, 3.05) is 47.1 Å². The normalized spacial score (nSPS) is 22.1. The van der Waals surface area contributed by atoms with Crippen LogP contribution in [0.1, 0.15) is 55.3 Å². The molecule has 2 aliphatic rings. The van der Waals surface area contributed by atoms with Gasteiger partial charge in [-0.15, -0.1) is 0 Å². The number of amides is 1. The fourth-order valence-electron chi connectivity index (χ4n) is 4.73. The minimum Gasteiger partial charge on any atom is -0.497 e. The first-order chi connectivity index (χ1) is 15.6. The van der Waals surface area contributed by atoms with Crippen molar-refractivity contribution in [3.8, 4) is 5.75 Å². The highest BCUT2D eigenvalue weighted by Gasteiger charge is 2.42. The van der Waals surface area contributed by atoms with E-state index in [0.29, 0.717) is 31.3 Å². The third kappa shape index (κ3) is 5.13. The van der Waals surface area contributed by atoms with Gasteiger partial charge in [-0.3, -0.25) is 4.79 Å². The van der Waals surface area contributed by atoms with E-state index in [1.807, 2.05) is 29.2 Å². The van der Waals surface area contributed by atoms with E-state index in [2.05, 4.69) is 5.16 Å². The molecule has 8 nitrogen and oxygen atoms in total. The number of rotatable bonds is 8. The summed E-state index contributed by atoms with van der Waals surface area (Å²) in [5.41, 5.74) is 0.627. The summed E-state index contributed by atoms with van der Waals surface area (Å²) >= 11 is 0. The summed E-state index contributed by atoms with van der Waals surface area (Å²) in [6.07, 6.45) is 4.74. The highest BCUT2D eigenvalue weighted by atomic mass is 16.5. The fourth-order valence-corrected chi connectivity index (χ4v) is 4.73. The molecule has 3 heterocycles. The van der Waals surface area contributed by atoms with E-state index in [-0.39, 0.29) is 17.2 Å². The molecule has 0 aliphatic carbocycles. The van der Waals surface area contributed by atoms with Crippen molar-refractivity contribution < 1.29 is 23.5 Å². The molecule has 1 atom stereocenters. The second kappa shape index (κ2) is 10.4. The molecule has 1 unspecified atom stereocenters. The lowest BCUT2D eigenvalue weighted by Crippen LogP contribution is -2.50. The molecule has 2 aliphatic heterocycles. The van der Waals surface area contributed by atoms with Crippen molar-refractivity contribution >= 4 is 5.91 Å². The van der Waals surface area contributed by atoms with Gasteiger partial charge in [0.05, 0.1) is 18.9 Å². The number of piperidine rings is 1. The molecular weight excluding hydrogens is 410 g/mol. The summed E-state index contributed by atoms with van der Waals surface area (Å²) in [4.78, 5) is 19.9. The lowest BCUT2D eigenvalue weighted by atomic mass is 9.76. The van der Waals surface area contributed by atoms with Gasteiger partial charge in [0.2, 0.25) is 11.8 Å². The Hall–Kier alpha value is -2.45. The third-order valence-corrected chi connectivity index (χ3v) is 6.72. The van der Waals surface area contributed by atoms with Crippen LogP contribution in [0.2, 0.25) is 0 Å². The Morgan fingerprint density at radius 3 is 2.72 bits per heavy atom. The number of nitrogens with zero attached hydrogens (tertiary/aromatic N) is 3. The quantitative estimate of drug-likeness (QED) is 0.619. The van der Waals surface area contributed by atoms with Crippen LogP contribution in [0.5, 0.6) is 5.75 Å². The van der Waals surface area contributed by atoms with Gasteiger partial charge in [0, 0.05) is 45.9 Å². The molecule has 0 saturated carbocycles. The standard InChI is InChI=1S/C24H33N3O5/c1-29-15-11-24(23-25-22(32-26-23)19-8-13-31-14-9-19)10-3-12-27(17-24)21(28)16-18-4-6-20(30-2)7-5-18/h4-7,19H,3,8-17H2,1-2H3. The Kier molecular flexibility index (Phi) is 7.42. The Labute approximate surface area is 189 Å². The topological polar surface area (TPSA) is 86.9 Å². The van der Waals surface area contributed by atoms with Crippen molar-refractivity contribution in [2.45, 2.75) is 49.9 Å². The number of hydrogen-bond donors (Lipinski definition) is 0.